The SMILES string of the molecule is CCCCc1c[c-]c(C(C)(C)C)cc1.O=P(O)(O)O.[Na+]. The topological polar surface area (TPSA) is 77.8 Å². The Kier molecular flexibility index (Phi) is 11.4. The summed E-state index contributed by atoms with van der Waals surface area (Å²) in [6.07, 6.45) is 3.74. The van der Waals surface area contributed by atoms with Crippen molar-refractivity contribution >= 4 is 7.82 Å². The molecule has 0 radical (unpaired) electrons. The third kappa shape index (κ3) is 13.3. The van der Waals surface area contributed by atoms with Crippen LogP contribution in [0.2, 0.25) is 0 Å². The van der Waals surface area contributed by atoms with Crippen molar-refractivity contribution in [2.75, 3.05) is 0 Å². The molecular formula is C14H24NaO4P. The van der Waals surface area contributed by atoms with E-state index in [-0.39, 0.29) is 35.0 Å². The standard InChI is InChI=1S/C14H21.Na.H3O4P/c1-5-6-7-12-8-10-13(11-9-12)14(2,3)4;;1-5(2,3)4/h8-10H,5-7H2,1-4H3;;(H3,1,2,3,4)/q-1;+1;. The van der Waals surface area contributed by atoms with Gasteiger partial charge in [0.15, 0.2) is 0 Å². The van der Waals surface area contributed by atoms with Gasteiger partial charge in [0.1, 0.15) is 0 Å². The van der Waals surface area contributed by atoms with Crippen LogP contribution in [0.25, 0.3) is 0 Å². The summed E-state index contributed by atoms with van der Waals surface area (Å²) < 4.78 is 8.88. The van der Waals surface area contributed by atoms with Gasteiger partial charge in [-0.15, -0.1) is 0 Å². The van der Waals surface area contributed by atoms with E-state index in [4.69, 9.17) is 19.2 Å². The molecular weight excluding hydrogens is 286 g/mol. The molecule has 20 heavy (non-hydrogen) atoms. The first-order chi connectivity index (χ1) is 8.54. The zero-order chi connectivity index (χ0) is 15.1. The maximum Gasteiger partial charge on any atom is 1.00 e. The van der Waals surface area contributed by atoms with E-state index in [1.54, 1.807) is 0 Å². The zero-order valence-corrected chi connectivity index (χ0v) is 15.9. The fraction of sp³-hybridized carbons (Fsp3) is 0.571. The van der Waals surface area contributed by atoms with Crippen molar-refractivity contribution in [2.45, 2.75) is 52.4 Å². The van der Waals surface area contributed by atoms with E-state index in [0.29, 0.717) is 0 Å². The van der Waals surface area contributed by atoms with Gasteiger partial charge >= 0.3 is 37.4 Å². The van der Waals surface area contributed by atoms with E-state index in [2.05, 4.69) is 52.0 Å². The van der Waals surface area contributed by atoms with Crippen LogP contribution < -0.4 is 29.6 Å². The van der Waals surface area contributed by atoms with Crippen LogP contribution in [0.3, 0.4) is 0 Å². The summed E-state index contributed by atoms with van der Waals surface area (Å²) in [6.45, 7) is 8.91. The molecule has 6 heteroatoms. The Morgan fingerprint density at radius 2 is 1.70 bits per heavy atom. The smallest absolute Gasteiger partial charge is 0.303 e. The van der Waals surface area contributed by atoms with E-state index in [9.17, 15) is 0 Å². The number of hydrogen-bond acceptors (Lipinski definition) is 1. The molecule has 1 aromatic carbocycles. The van der Waals surface area contributed by atoms with Crippen molar-refractivity contribution in [2.24, 2.45) is 0 Å². The summed E-state index contributed by atoms with van der Waals surface area (Å²) >= 11 is 0. The predicted molar refractivity (Wildman–Crippen MR) is 76.9 cm³/mol. The maximum absolute atomic E-state index is 8.88. The second-order valence-electron chi connectivity index (χ2n) is 5.48. The second-order valence-corrected chi connectivity index (χ2v) is 6.50. The van der Waals surface area contributed by atoms with E-state index < -0.39 is 7.82 Å². The maximum atomic E-state index is 8.88. The summed E-state index contributed by atoms with van der Waals surface area (Å²) in [5.74, 6) is 0. The van der Waals surface area contributed by atoms with Gasteiger partial charge in [-0.2, -0.15) is 35.4 Å². The van der Waals surface area contributed by atoms with Crippen molar-refractivity contribution < 1.29 is 48.8 Å². The molecule has 0 aliphatic carbocycles. The van der Waals surface area contributed by atoms with Crippen LogP contribution >= 0.6 is 7.82 Å². The molecule has 0 amide bonds. The Morgan fingerprint density at radius 3 is 2.00 bits per heavy atom. The first-order valence-electron chi connectivity index (χ1n) is 6.33. The van der Waals surface area contributed by atoms with Gasteiger partial charge in [0.25, 0.3) is 0 Å². The largest absolute Gasteiger partial charge is 1.00 e. The molecule has 4 nitrogen and oxygen atoms in total. The molecule has 1 aromatic rings. The second kappa shape index (κ2) is 10.1. The van der Waals surface area contributed by atoms with Gasteiger partial charge in [-0.25, -0.2) is 4.57 Å². The van der Waals surface area contributed by atoms with Gasteiger partial charge in [-0.3, -0.25) is 0 Å². The van der Waals surface area contributed by atoms with Crippen molar-refractivity contribution in [1.82, 2.24) is 0 Å². The van der Waals surface area contributed by atoms with E-state index in [1.165, 1.54) is 30.4 Å². The van der Waals surface area contributed by atoms with Crippen LogP contribution in [0.15, 0.2) is 18.2 Å². The number of hydrogen-bond donors (Lipinski definition) is 3. The Bertz CT molecular complexity index is 398. The van der Waals surface area contributed by atoms with Gasteiger partial charge in [-0.1, -0.05) is 47.0 Å². The summed E-state index contributed by atoms with van der Waals surface area (Å²) in [5, 5.41) is 0. The number of unbranched alkanes of at least 4 members (excludes halogenated alkanes) is 1. The molecule has 0 atom stereocenters. The fourth-order valence-electron chi connectivity index (χ4n) is 1.46. The number of aryl methyl sites for hydroxylation is 1. The van der Waals surface area contributed by atoms with Gasteiger partial charge in [0, 0.05) is 0 Å². The molecule has 0 saturated heterocycles. The first kappa shape index (κ1) is 22.6. The molecule has 0 aliphatic rings. The zero-order valence-electron chi connectivity index (χ0n) is 13.1. The minimum Gasteiger partial charge on any atom is -0.303 e. The molecule has 0 aromatic heterocycles. The molecule has 110 valence electrons. The summed E-state index contributed by atoms with van der Waals surface area (Å²) in [5.41, 5.74) is 2.95. The van der Waals surface area contributed by atoms with Crippen molar-refractivity contribution in [1.29, 1.82) is 0 Å². The average Bonchev–Trinajstić information content (AvgIpc) is 2.23. The average molecular weight is 310 g/mol. The number of benzene rings is 1. The van der Waals surface area contributed by atoms with Crippen LogP contribution in [0.1, 0.15) is 51.7 Å². The molecule has 0 saturated carbocycles. The Labute approximate surface area is 144 Å². The molecule has 0 spiro atoms. The quantitative estimate of drug-likeness (QED) is 0.423. The molecule has 0 fully saturated rings. The summed E-state index contributed by atoms with van der Waals surface area (Å²) in [6, 6.07) is 9.99. The number of phosphoric acid groups is 1. The van der Waals surface area contributed by atoms with E-state index >= 15 is 0 Å². The van der Waals surface area contributed by atoms with Crippen LogP contribution in [0.4, 0.5) is 0 Å². The third-order valence-electron chi connectivity index (χ3n) is 2.50. The Balaban J connectivity index is 0. The normalized spacial score (nSPS) is 11.2. The third-order valence-corrected chi connectivity index (χ3v) is 2.50. The van der Waals surface area contributed by atoms with Gasteiger partial charge in [0.05, 0.1) is 0 Å². The first-order valence-corrected chi connectivity index (χ1v) is 7.90. The number of rotatable bonds is 3. The van der Waals surface area contributed by atoms with Crippen LogP contribution in [-0.2, 0) is 16.4 Å². The van der Waals surface area contributed by atoms with E-state index in [0.717, 1.165) is 0 Å². The molecule has 0 heterocycles. The van der Waals surface area contributed by atoms with Crippen LogP contribution in [0.5, 0.6) is 0 Å². The van der Waals surface area contributed by atoms with Gasteiger partial charge in [0.2, 0.25) is 0 Å². The minimum atomic E-state index is -4.64. The van der Waals surface area contributed by atoms with E-state index in [1.807, 2.05) is 0 Å². The minimum absolute atomic E-state index is 0. The monoisotopic (exact) mass is 310 g/mol. The summed E-state index contributed by atoms with van der Waals surface area (Å²) in [7, 11) is -4.64. The van der Waals surface area contributed by atoms with Gasteiger partial charge < -0.3 is 14.7 Å². The molecule has 0 unspecified atom stereocenters. The fourth-order valence-corrected chi connectivity index (χ4v) is 1.46. The molecule has 0 aliphatic heterocycles. The summed E-state index contributed by atoms with van der Waals surface area (Å²) in [4.78, 5) is 21.6. The molecule has 3 N–H and O–H groups in total. The van der Waals surface area contributed by atoms with Crippen LogP contribution in [-0.4, -0.2) is 14.7 Å². The molecule has 0 bridgehead atoms. The Hall–Kier alpha value is 0.330. The Morgan fingerprint density at radius 1 is 1.20 bits per heavy atom. The van der Waals surface area contributed by atoms with Crippen LogP contribution in [0, 0.1) is 6.07 Å². The van der Waals surface area contributed by atoms with Crippen molar-refractivity contribution in [3.8, 4) is 0 Å². The predicted octanol–water partition coefficient (Wildman–Crippen LogP) is 0.202. The van der Waals surface area contributed by atoms with Crippen molar-refractivity contribution in [3.63, 3.8) is 0 Å². The van der Waals surface area contributed by atoms with Gasteiger partial charge in [-0.05, 0) is 5.41 Å². The molecule has 1 rings (SSSR count). The van der Waals surface area contributed by atoms with Crippen molar-refractivity contribution in [3.05, 3.63) is 35.4 Å².